The fourth-order valence-corrected chi connectivity index (χ4v) is 2.99. The number of anilines is 1. The summed E-state index contributed by atoms with van der Waals surface area (Å²) < 4.78 is 12.0. The van der Waals surface area contributed by atoms with E-state index in [2.05, 4.69) is 16.5 Å². The molecule has 7 heteroatoms. The van der Waals surface area contributed by atoms with Crippen LogP contribution in [0.2, 0.25) is 0 Å². The summed E-state index contributed by atoms with van der Waals surface area (Å²) in [5, 5.41) is 6.72. The molecule has 0 fully saturated rings. The van der Waals surface area contributed by atoms with Gasteiger partial charge in [0.1, 0.15) is 12.4 Å². The minimum atomic E-state index is -0.573. The van der Waals surface area contributed by atoms with E-state index in [0.29, 0.717) is 17.9 Å². The van der Waals surface area contributed by atoms with Gasteiger partial charge in [-0.1, -0.05) is 29.8 Å². The summed E-state index contributed by atoms with van der Waals surface area (Å²) in [6.07, 6.45) is 1.41. The van der Waals surface area contributed by atoms with Crippen molar-refractivity contribution in [3.05, 3.63) is 76.6 Å². The van der Waals surface area contributed by atoms with E-state index in [4.69, 9.17) is 9.47 Å². The third-order valence-electron chi connectivity index (χ3n) is 4.48. The predicted octanol–water partition coefficient (Wildman–Crippen LogP) is 3.65. The molecule has 0 aliphatic rings. The first-order valence-corrected chi connectivity index (χ1v) is 9.09. The quantitative estimate of drug-likeness (QED) is 0.647. The molecule has 1 amide bonds. The maximum absolute atomic E-state index is 12.7. The first-order valence-electron chi connectivity index (χ1n) is 9.09. The Hall–Kier alpha value is -3.61. The molecule has 0 saturated carbocycles. The highest BCUT2D eigenvalue weighted by Crippen LogP contribution is 2.21. The van der Waals surface area contributed by atoms with Crippen LogP contribution in [0.3, 0.4) is 0 Å². The first kappa shape index (κ1) is 20.1. The monoisotopic (exact) mass is 393 g/mol. The fourth-order valence-electron chi connectivity index (χ4n) is 2.99. The normalized spacial score (nSPS) is 10.5. The number of esters is 1. The average molecular weight is 393 g/mol. The number of aromatic nitrogens is 2. The number of carbonyl (C=O) groups excluding carboxylic acids is 2. The number of amides is 1. The van der Waals surface area contributed by atoms with Gasteiger partial charge in [-0.25, -0.2) is 4.79 Å². The Kier molecular flexibility index (Phi) is 5.97. The zero-order chi connectivity index (χ0) is 21.0. The van der Waals surface area contributed by atoms with Crippen LogP contribution in [0, 0.1) is 13.8 Å². The van der Waals surface area contributed by atoms with Gasteiger partial charge in [-0.2, -0.15) is 5.10 Å². The van der Waals surface area contributed by atoms with Crippen molar-refractivity contribution >= 4 is 17.6 Å². The third kappa shape index (κ3) is 4.63. The van der Waals surface area contributed by atoms with Gasteiger partial charge in [-0.05, 0) is 43.2 Å². The van der Waals surface area contributed by atoms with Crippen LogP contribution in [0.15, 0.2) is 48.7 Å². The predicted molar refractivity (Wildman–Crippen MR) is 109 cm³/mol. The molecule has 1 heterocycles. The number of methoxy groups -OCH3 is 1. The Labute approximate surface area is 169 Å². The molecule has 150 valence electrons. The lowest BCUT2D eigenvalue weighted by Crippen LogP contribution is -2.16. The molecular weight excluding hydrogens is 370 g/mol. The van der Waals surface area contributed by atoms with Gasteiger partial charge in [0.15, 0.2) is 5.69 Å². The zero-order valence-corrected chi connectivity index (χ0v) is 16.9. The Morgan fingerprint density at radius 1 is 1.14 bits per heavy atom. The highest BCUT2D eigenvalue weighted by atomic mass is 16.5. The summed E-state index contributed by atoms with van der Waals surface area (Å²) >= 11 is 0. The second-order valence-electron chi connectivity index (χ2n) is 6.73. The van der Waals surface area contributed by atoms with Crippen molar-refractivity contribution in [2.45, 2.75) is 20.5 Å². The minimum absolute atomic E-state index is 0.176. The van der Waals surface area contributed by atoms with Gasteiger partial charge in [-0.3, -0.25) is 9.48 Å². The van der Waals surface area contributed by atoms with Crippen molar-refractivity contribution in [3.63, 3.8) is 0 Å². The van der Waals surface area contributed by atoms with Crippen LogP contribution in [-0.4, -0.2) is 28.8 Å². The molecule has 0 radical (unpaired) electrons. The highest BCUT2D eigenvalue weighted by Gasteiger charge is 2.19. The van der Waals surface area contributed by atoms with E-state index in [1.165, 1.54) is 23.6 Å². The molecule has 0 aliphatic heterocycles. The maximum Gasteiger partial charge on any atom is 0.358 e. The summed E-state index contributed by atoms with van der Waals surface area (Å²) in [5.74, 6) is -0.115. The number of benzene rings is 2. The summed E-state index contributed by atoms with van der Waals surface area (Å²) in [6, 6.07) is 13.1. The Balaban J connectivity index is 1.72. The molecule has 2 aromatic carbocycles. The number of nitrogens with one attached hydrogen (secondary N) is 1. The van der Waals surface area contributed by atoms with Crippen LogP contribution in [0.25, 0.3) is 0 Å². The van der Waals surface area contributed by atoms with Gasteiger partial charge in [0, 0.05) is 12.6 Å². The lowest BCUT2D eigenvalue weighted by Gasteiger charge is -2.11. The number of rotatable bonds is 6. The van der Waals surface area contributed by atoms with Gasteiger partial charge >= 0.3 is 5.97 Å². The largest absolute Gasteiger partial charge is 0.489 e. The molecule has 0 saturated heterocycles. The van der Waals surface area contributed by atoms with Crippen molar-refractivity contribution in [3.8, 4) is 5.75 Å². The lowest BCUT2D eigenvalue weighted by molar-refractivity contribution is 0.0589. The summed E-state index contributed by atoms with van der Waals surface area (Å²) in [6.45, 7) is 4.37. The van der Waals surface area contributed by atoms with E-state index in [0.717, 1.165) is 16.9 Å². The van der Waals surface area contributed by atoms with Crippen LogP contribution >= 0.6 is 0 Å². The Bertz CT molecular complexity index is 1060. The van der Waals surface area contributed by atoms with Crippen LogP contribution in [0.4, 0.5) is 5.69 Å². The average Bonchev–Trinajstić information content (AvgIpc) is 3.07. The molecule has 0 spiro atoms. The Morgan fingerprint density at radius 3 is 2.66 bits per heavy atom. The lowest BCUT2D eigenvalue weighted by atomic mass is 10.1. The number of hydrogen-bond acceptors (Lipinski definition) is 5. The van der Waals surface area contributed by atoms with Crippen molar-refractivity contribution < 1.29 is 19.1 Å². The molecule has 0 atom stereocenters. The van der Waals surface area contributed by atoms with Crippen LogP contribution < -0.4 is 10.1 Å². The number of carbonyl (C=O) groups is 2. The van der Waals surface area contributed by atoms with Gasteiger partial charge in [0.2, 0.25) is 0 Å². The maximum atomic E-state index is 12.7. The summed E-state index contributed by atoms with van der Waals surface area (Å²) in [7, 11) is 2.88. The van der Waals surface area contributed by atoms with Gasteiger partial charge in [0.25, 0.3) is 5.91 Å². The zero-order valence-electron chi connectivity index (χ0n) is 16.9. The number of hydrogen-bond donors (Lipinski definition) is 1. The molecule has 1 N–H and O–H groups in total. The SMILES string of the molecule is COC(=O)c1c(NC(=O)c2cccc(COc3ccc(C)cc3C)c2)cnn1C. The van der Waals surface area contributed by atoms with E-state index in [9.17, 15) is 9.59 Å². The van der Waals surface area contributed by atoms with Crippen molar-refractivity contribution in [2.24, 2.45) is 7.05 Å². The van der Waals surface area contributed by atoms with Gasteiger partial charge < -0.3 is 14.8 Å². The van der Waals surface area contributed by atoms with E-state index in [1.54, 1.807) is 25.2 Å². The summed E-state index contributed by atoms with van der Waals surface area (Å²) in [5.41, 5.74) is 4.01. The van der Waals surface area contributed by atoms with Crippen LogP contribution in [-0.2, 0) is 18.4 Å². The number of ether oxygens (including phenoxy) is 2. The molecule has 3 aromatic rings. The smallest absolute Gasteiger partial charge is 0.358 e. The van der Waals surface area contributed by atoms with Crippen molar-refractivity contribution in [1.29, 1.82) is 0 Å². The molecule has 3 rings (SSSR count). The first-order chi connectivity index (χ1) is 13.9. The third-order valence-corrected chi connectivity index (χ3v) is 4.48. The molecule has 1 aromatic heterocycles. The molecular formula is C22H23N3O4. The van der Waals surface area contributed by atoms with E-state index in [-0.39, 0.29) is 11.6 Å². The van der Waals surface area contributed by atoms with Crippen molar-refractivity contribution in [1.82, 2.24) is 9.78 Å². The van der Waals surface area contributed by atoms with Gasteiger partial charge in [0.05, 0.1) is 19.0 Å². The molecule has 29 heavy (non-hydrogen) atoms. The van der Waals surface area contributed by atoms with Gasteiger partial charge in [-0.15, -0.1) is 0 Å². The number of aryl methyl sites for hydroxylation is 3. The topological polar surface area (TPSA) is 82.4 Å². The van der Waals surface area contributed by atoms with E-state index < -0.39 is 5.97 Å². The molecule has 0 aliphatic carbocycles. The molecule has 7 nitrogen and oxygen atoms in total. The van der Waals surface area contributed by atoms with E-state index >= 15 is 0 Å². The fraction of sp³-hybridized carbons (Fsp3) is 0.227. The molecule has 0 unspecified atom stereocenters. The second-order valence-corrected chi connectivity index (χ2v) is 6.73. The van der Waals surface area contributed by atoms with Crippen molar-refractivity contribution in [2.75, 3.05) is 12.4 Å². The number of nitrogens with zero attached hydrogens (tertiary/aromatic N) is 2. The standard InChI is InChI=1S/C22H23N3O4/c1-14-8-9-19(15(2)10-14)29-13-16-6-5-7-17(11-16)21(26)24-18-12-23-25(3)20(18)22(27)28-4/h5-12H,13H2,1-4H3,(H,24,26). The minimum Gasteiger partial charge on any atom is -0.489 e. The van der Waals surface area contributed by atoms with E-state index in [1.807, 2.05) is 32.0 Å². The van der Waals surface area contributed by atoms with Crippen LogP contribution in [0.5, 0.6) is 5.75 Å². The molecule has 0 bridgehead atoms. The summed E-state index contributed by atoms with van der Waals surface area (Å²) in [4.78, 5) is 24.6. The Morgan fingerprint density at radius 2 is 1.93 bits per heavy atom. The van der Waals surface area contributed by atoms with Crippen LogP contribution in [0.1, 0.15) is 37.5 Å². The second kappa shape index (κ2) is 8.60. The highest BCUT2D eigenvalue weighted by molar-refractivity contribution is 6.07.